The maximum atomic E-state index is 11.7. The minimum Gasteiger partial charge on any atom is -0.293 e. The summed E-state index contributed by atoms with van der Waals surface area (Å²) in [5, 5.41) is 9.16. The smallest absolute Gasteiger partial charge is 0.248 e. The first-order valence-corrected chi connectivity index (χ1v) is 4.66. The molecule has 0 spiro atoms. The Kier molecular flexibility index (Phi) is 2.88. The number of hydrogen-bond donors (Lipinski definition) is 2. The number of rotatable bonds is 3. The minimum atomic E-state index is -0.380. The molecule has 0 aliphatic carbocycles. The number of anilines is 1. The van der Waals surface area contributed by atoms with Gasteiger partial charge in [0.25, 0.3) is 0 Å². The minimum absolute atomic E-state index is 0.0565. The van der Waals surface area contributed by atoms with Crippen molar-refractivity contribution < 1.29 is 4.79 Å². The molecule has 0 unspecified atom stereocenters. The summed E-state index contributed by atoms with van der Waals surface area (Å²) in [5.41, 5.74) is -0.380. The molecule has 0 aromatic carbocycles. The molecular formula is C9H16N4O. The molecule has 5 nitrogen and oxygen atoms in total. The van der Waals surface area contributed by atoms with E-state index in [2.05, 4.69) is 20.5 Å². The van der Waals surface area contributed by atoms with Crippen LogP contribution >= 0.6 is 0 Å². The highest BCUT2D eigenvalue weighted by molar-refractivity contribution is 5.93. The van der Waals surface area contributed by atoms with E-state index in [1.807, 2.05) is 20.8 Å². The van der Waals surface area contributed by atoms with Crippen LogP contribution < -0.4 is 5.32 Å². The zero-order chi connectivity index (χ0) is 10.8. The normalized spacial score (nSPS) is 11.4. The van der Waals surface area contributed by atoms with Crippen LogP contribution in [0.15, 0.2) is 0 Å². The molecule has 0 saturated heterocycles. The third-order valence-electron chi connectivity index (χ3n) is 2.32. The summed E-state index contributed by atoms with van der Waals surface area (Å²) in [6.45, 7) is 7.54. The fourth-order valence-corrected chi connectivity index (χ4v) is 0.830. The number of aromatic amines is 1. The average Bonchev–Trinajstić information content (AvgIpc) is 2.51. The van der Waals surface area contributed by atoms with Gasteiger partial charge in [0, 0.05) is 5.41 Å². The lowest BCUT2D eigenvalue weighted by Crippen LogP contribution is -2.30. The summed E-state index contributed by atoms with van der Waals surface area (Å²) in [6.07, 6.45) is 0.780. The Labute approximate surface area is 83.3 Å². The van der Waals surface area contributed by atoms with Crippen LogP contribution in [0.25, 0.3) is 0 Å². The topological polar surface area (TPSA) is 70.7 Å². The second-order valence-corrected chi connectivity index (χ2v) is 3.94. The largest absolute Gasteiger partial charge is 0.293 e. The number of hydrogen-bond acceptors (Lipinski definition) is 3. The first-order valence-electron chi connectivity index (χ1n) is 4.66. The Bertz CT molecular complexity index is 329. The summed E-state index contributed by atoms with van der Waals surface area (Å²) in [5.74, 6) is 0.975. The zero-order valence-corrected chi connectivity index (χ0v) is 9.01. The number of nitrogens with one attached hydrogen (secondary N) is 2. The highest BCUT2D eigenvalue weighted by Crippen LogP contribution is 2.21. The zero-order valence-electron chi connectivity index (χ0n) is 9.01. The molecule has 0 aliphatic rings. The van der Waals surface area contributed by atoms with Crippen LogP contribution in [0.4, 0.5) is 5.95 Å². The van der Waals surface area contributed by atoms with Gasteiger partial charge in [-0.05, 0) is 13.3 Å². The van der Waals surface area contributed by atoms with E-state index in [-0.39, 0.29) is 11.3 Å². The standard InChI is InChI=1S/C9H16N4O/c1-5-9(3,4)7(14)11-8-10-6(2)12-13-8/h5H2,1-4H3,(H2,10,11,12,13,14). The van der Waals surface area contributed by atoms with Crippen LogP contribution in [0.2, 0.25) is 0 Å². The Hall–Kier alpha value is -1.39. The quantitative estimate of drug-likeness (QED) is 0.769. The highest BCUT2D eigenvalue weighted by Gasteiger charge is 2.26. The van der Waals surface area contributed by atoms with Gasteiger partial charge in [0.05, 0.1) is 0 Å². The molecule has 78 valence electrons. The summed E-state index contributed by atoms with van der Waals surface area (Å²) in [7, 11) is 0. The van der Waals surface area contributed by atoms with E-state index in [1.165, 1.54) is 0 Å². The maximum Gasteiger partial charge on any atom is 0.248 e. The van der Waals surface area contributed by atoms with Gasteiger partial charge in [-0.1, -0.05) is 20.8 Å². The van der Waals surface area contributed by atoms with Crippen molar-refractivity contribution in [1.82, 2.24) is 15.2 Å². The lowest BCUT2D eigenvalue weighted by molar-refractivity contribution is -0.124. The van der Waals surface area contributed by atoms with Gasteiger partial charge in [-0.2, -0.15) is 4.98 Å². The van der Waals surface area contributed by atoms with Gasteiger partial charge in [-0.25, -0.2) is 0 Å². The van der Waals surface area contributed by atoms with E-state index in [1.54, 1.807) is 6.92 Å². The lowest BCUT2D eigenvalue weighted by atomic mass is 9.89. The summed E-state index contributed by atoms with van der Waals surface area (Å²) < 4.78 is 0. The van der Waals surface area contributed by atoms with Crippen LogP contribution in [-0.4, -0.2) is 21.1 Å². The molecule has 0 fully saturated rings. The van der Waals surface area contributed by atoms with Crippen molar-refractivity contribution in [2.75, 3.05) is 5.32 Å². The predicted octanol–water partition coefficient (Wildman–Crippen LogP) is 1.49. The monoisotopic (exact) mass is 196 g/mol. The van der Waals surface area contributed by atoms with Crippen LogP contribution in [0.1, 0.15) is 33.0 Å². The van der Waals surface area contributed by atoms with Crippen molar-refractivity contribution >= 4 is 11.9 Å². The molecule has 2 N–H and O–H groups in total. The van der Waals surface area contributed by atoms with E-state index >= 15 is 0 Å². The van der Waals surface area contributed by atoms with Gasteiger partial charge in [0.15, 0.2) is 0 Å². The van der Waals surface area contributed by atoms with Crippen molar-refractivity contribution in [3.05, 3.63) is 5.82 Å². The molecule has 0 atom stereocenters. The number of carbonyl (C=O) groups is 1. The first-order chi connectivity index (χ1) is 6.45. The van der Waals surface area contributed by atoms with Crippen molar-refractivity contribution in [1.29, 1.82) is 0 Å². The number of amides is 1. The fraction of sp³-hybridized carbons (Fsp3) is 0.667. The van der Waals surface area contributed by atoms with E-state index in [4.69, 9.17) is 0 Å². The molecule has 0 bridgehead atoms. The molecule has 1 rings (SSSR count). The van der Waals surface area contributed by atoms with E-state index in [9.17, 15) is 4.79 Å². The van der Waals surface area contributed by atoms with Crippen LogP contribution in [0, 0.1) is 12.3 Å². The van der Waals surface area contributed by atoms with Crippen molar-refractivity contribution in [3.8, 4) is 0 Å². The molecule has 1 amide bonds. The van der Waals surface area contributed by atoms with Crippen molar-refractivity contribution in [2.24, 2.45) is 5.41 Å². The van der Waals surface area contributed by atoms with Gasteiger partial charge in [-0.15, -0.1) is 5.10 Å². The van der Waals surface area contributed by atoms with Crippen molar-refractivity contribution in [2.45, 2.75) is 34.1 Å². The molecule has 1 heterocycles. The predicted molar refractivity (Wildman–Crippen MR) is 53.8 cm³/mol. The second-order valence-electron chi connectivity index (χ2n) is 3.94. The second kappa shape index (κ2) is 3.77. The van der Waals surface area contributed by atoms with Gasteiger partial charge in [0.1, 0.15) is 5.82 Å². The number of aryl methyl sites for hydroxylation is 1. The number of H-pyrrole nitrogens is 1. The SMILES string of the molecule is CCC(C)(C)C(=O)Nc1n[nH]c(C)n1. The molecule has 0 aliphatic heterocycles. The number of carbonyl (C=O) groups excluding carboxylic acids is 1. The highest BCUT2D eigenvalue weighted by atomic mass is 16.2. The summed E-state index contributed by atoms with van der Waals surface area (Å²) in [4.78, 5) is 15.7. The molecule has 1 aromatic heterocycles. The molecular weight excluding hydrogens is 180 g/mol. The molecule has 0 saturated carbocycles. The Balaban J connectivity index is 2.66. The fourth-order valence-electron chi connectivity index (χ4n) is 0.830. The van der Waals surface area contributed by atoms with E-state index in [0.717, 1.165) is 6.42 Å². The molecule has 5 heteroatoms. The van der Waals surface area contributed by atoms with Crippen LogP contribution in [0.3, 0.4) is 0 Å². The van der Waals surface area contributed by atoms with Gasteiger partial charge >= 0.3 is 0 Å². The molecule has 0 radical (unpaired) electrons. The third kappa shape index (κ3) is 2.31. The lowest BCUT2D eigenvalue weighted by Gasteiger charge is -2.19. The Morgan fingerprint density at radius 1 is 1.57 bits per heavy atom. The van der Waals surface area contributed by atoms with E-state index < -0.39 is 0 Å². The van der Waals surface area contributed by atoms with Crippen molar-refractivity contribution in [3.63, 3.8) is 0 Å². The molecule has 14 heavy (non-hydrogen) atoms. The summed E-state index contributed by atoms with van der Waals surface area (Å²) in [6, 6.07) is 0. The average molecular weight is 196 g/mol. The summed E-state index contributed by atoms with van der Waals surface area (Å²) >= 11 is 0. The van der Waals surface area contributed by atoms with E-state index in [0.29, 0.717) is 11.8 Å². The van der Waals surface area contributed by atoms with Gasteiger partial charge in [0.2, 0.25) is 11.9 Å². The number of nitrogens with zero attached hydrogens (tertiary/aromatic N) is 2. The maximum absolute atomic E-state index is 11.7. The van der Waals surface area contributed by atoms with Gasteiger partial charge < -0.3 is 0 Å². The Morgan fingerprint density at radius 2 is 2.21 bits per heavy atom. The van der Waals surface area contributed by atoms with Crippen LogP contribution in [-0.2, 0) is 4.79 Å². The first kappa shape index (κ1) is 10.7. The number of aromatic nitrogens is 3. The Morgan fingerprint density at radius 3 is 2.64 bits per heavy atom. The third-order valence-corrected chi connectivity index (χ3v) is 2.32. The van der Waals surface area contributed by atoms with Gasteiger partial charge in [-0.3, -0.25) is 15.2 Å². The van der Waals surface area contributed by atoms with Crippen LogP contribution in [0.5, 0.6) is 0 Å². The molecule has 1 aromatic rings.